The van der Waals surface area contributed by atoms with Crippen molar-refractivity contribution < 1.29 is 9.53 Å². The van der Waals surface area contributed by atoms with Gasteiger partial charge in [0, 0.05) is 24.8 Å². The summed E-state index contributed by atoms with van der Waals surface area (Å²) in [6.07, 6.45) is -0.467. The van der Waals surface area contributed by atoms with Crippen LogP contribution >= 0.6 is 0 Å². The summed E-state index contributed by atoms with van der Waals surface area (Å²) in [6.45, 7) is 9.98. The molecule has 0 aliphatic carbocycles. The summed E-state index contributed by atoms with van der Waals surface area (Å²) in [5.74, 6) is 0. The van der Waals surface area contributed by atoms with Crippen molar-refractivity contribution in [1.29, 1.82) is 0 Å². The van der Waals surface area contributed by atoms with Gasteiger partial charge in [0.2, 0.25) is 0 Å². The molecule has 0 saturated heterocycles. The molecule has 19 heavy (non-hydrogen) atoms. The number of carbonyl (C=O) groups is 1. The van der Waals surface area contributed by atoms with Gasteiger partial charge in [0.05, 0.1) is 0 Å². The Bertz CT molecular complexity index is 512. The van der Waals surface area contributed by atoms with Crippen molar-refractivity contribution in [2.45, 2.75) is 46.8 Å². The zero-order valence-electron chi connectivity index (χ0n) is 12.2. The molecule has 106 valence electrons. The lowest BCUT2D eigenvalue weighted by Gasteiger charge is -2.20. The van der Waals surface area contributed by atoms with E-state index >= 15 is 0 Å². The average Bonchev–Trinajstić information content (AvgIpc) is 2.19. The first kappa shape index (κ1) is 15.3. The second-order valence-electron chi connectivity index (χ2n) is 5.59. The number of aryl methyl sites for hydroxylation is 2. The molecular weight excluding hydrogens is 244 g/mol. The number of pyridine rings is 1. The molecule has 0 atom stereocenters. The highest BCUT2D eigenvalue weighted by molar-refractivity contribution is 5.67. The number of aromatic nitrogens is 1. The molecule has 0 aliphatic heterocycles. The third-order valence-corrected chi connectivity index (χ3v) is 2.48. The molecule has 0 spiro atoms. The molecule has 1 rings (SSSR count). The van der Waals surface area contributed by atoms with Crippen molar-refractivity contribution in [3.63, 3.8) is 0 Å². The van der Waals surface area contributed by atoms with E-state index in [-0.39, 0.29) is 5.56 Å². The van der Waals surface area contributed by atoms with E-state index in [1.165, 1.54) is 0 Å². The minimum absolute atomic E-state index is 0.0523. The molecule has 0 saturated carbocycles. The second-order valence-corrected chi connectivity index (χ2v) is 5.59. The van der Waals surface area contributed by atoms with Crippen molar-refractivity contribution in [3.8, 4) is 0 Å². The number of amides is 1. The van der Waals surface area contributed by atoms with Gasteiger partial charge in [-0.2, -0.15) is 0 Å². The molecule has 5 nitrogen and oxygen atoms in total. The second kappa shape index (κ2) is 5.91. The maximum Gasteiger partial charge on any atom is 0.407 e. The topological polar surface area (TPSA) is 60.3 Å². The third kappa shape index (κ3) is 5.16. The number of ether oxygens (including phenoxy) is 1. The van der Waals surface area contributed by atoms with Crippen LogP contribution in [0.5, 0.6) is 0 Å². The van der Waals surface area contributed by atoms with Crippen LogP contribution < -0.4 is 10.9 Å². The van der Waals surface area contributed by atoms with Gasteiger partial charge in [0.15, 0.2) is 0 Å². The lowest BCUT2D eigenvalue weighted by molar-refractivity contribution is 0.0526. The Morgan fingerprint density at radius 3 is 2.47 bits per heavy atom. The summed E-state index contributed by atoms with van der Waals surface area (Å²) >= 11 is 0. The predicted octanol–water partition coefficient (Wildman–Crippen LogP) is 1.99. The first-order valence-corrected chi connectivity index (χ1v) is 6.34. The Labute approximate surface area is 113 Å². The van der Waals surface area contributed by atoms with Crippen molar-refractivity contribution in [3.05, 3.63) is 33.7 Å². The van der Waals surface area contributed by atoms with E-state index in [0.717, 1.165) is 11.3 Å². The molecule has 1 heterocycles. The first-order valence-electron chi connectivity index (χ1n) is 6.34. The van der Waals surface area contributed by atoms with Crippen LogP contribution in [0, 0.1) is 13.8 Å². The normalized spacial score (nSPS) is 11.2. The number of rotatable bonds is 3. The SMILES string of the molecule is Cc1cc(C)n(CCNC(=O)OC(C)(C)C)c(=O)c1. The Hall–Kier alpha value is -1.78. The van der Waals surface area contributed by atoms with Crippen molar-refractivity contribution in [2.75, 3.05) is 6.54 Å². The van der Waals surface area contributed by atoms with Gasteiger partial charge < -0.3 is 14.6 Å². The number of nitrogens with one attached hydrogen (secondary N) is 1. The van der Waals surface area contributed by atoms with E-state index in [2.05, 4.69) is 5.32 Å². The highest BCUT2D eigenvalue weighted by Crippen LogP contribution is 2.06. The minimum Gasteiger partial charge on any atom is -0.444 e. The standard InChI is InChI=1S/C14H22N2O3/c1-10-8-11(2)16(12(17)9-10)7-6-15-13(18)19-14(3,4)5/h8-9H,6-7H2,1-5H3,(H,15,18). The summed E-state index contributed by atoms with van der Waals surface area (Å²) in [6, 6.07) is 3.52. The molecular formula is C14H22N2O3. The third-order valence-electron chi connectivity index (χ3n) is 2.48. The van der Waals surface area contributed by atoms with Crippen LogP contribution in [0.25, 0.3) is 0 Å². The Morgan fingerprint density at radius 2 is 1.95 bits per heavy atom. The van der Waals surface area contributed by atoms with E-state index in [1.54, 1.807) is 31.4 Å². The lowest BCUT2D eigenvalue weighted by atomic mass is 10.2. The van der Waals surface area contributed by atoms with Gasteiger partial charge in [0.25, 0.3) is 5.56 Å². The molecule has 0 aliphatic rings. The van der Waals surface area contributed by atoms with E-state index in [1.807, 2.05) is 19.9 Å². The fourth-order valence-corrected chi connectivity index (χ4v) is 1.77. The van der Waals surface area contributed by atoms with E-state index < -0.39 is 11.7 Å². The van der Waals surface area contributed by atoms with Gasteiger partial charge in [0.1, 0.15) is 5.60 Å². The number of hydrogen-bond acceptors (Lipinski definition) is 3. The Morgan fingerprint density at radius 1 is 1.32 bits per heavy atom. The van der Waals surface area contributed by atoms with Gasteiger partial charge in [-0.25, -0.2) is 4.79 Å². The highest BCUT2D eigenvalue weighted by Gasteiger charge is 2.15. The van der Waals surface area contributed by atoms with E-state index in [4.69, 9.17) is 4.74 Å². The minimum atomic E-state index is -0.513. The molecule has 1 N–H and O–H groups in total. The fourth-order valence-electron chi connectivity index (χ4n) is 1.77. The molecule has 1 aromatic rings. The molecule has 5 heteroatoms. The monoisotopic (exact) mass is 266 g/mol. The van der Waals surface area contributed by atoms with Gasteiger partial charge in [-0.1, -0.05) is 0 Å². The summed E-state index contributed by atoms with van der Waals surface area (Å²) in [5.41, 5.74) is 1.26. The lowest BCUT2D eigenvalue weighted by Crippen LogP contribution is -2.35. The number of carbonyl (C=O) groups excluding carboxylic acids is 1. The zero-order chi connectivity index (χ0) is 14.6. The Balaban J connectivity index is 2.55. The first-order chi connectivity index (χ1) is 8.69. The molecule has 0 unspecified atom stereocenters. The van der Waals surface area contributed by atoms with Gasteiger partial charge in [-0.3, -0.25) is 4.79 Å². The smallest absolute Gasteiger partial charge is 0.407 e. The average molecular weight is 266 g/mol. The summed E-state index contributed by atoms with van der Waals surface area (Å²) in [5, 5.41) is 2.64. The molecule has 1 amide bonds. The summed E-state index contributed by atoms with van der Waals surface area (Å²) in [7, 11) is 0. The van der Waals surface area contributed by atoms with Crippen LogP contribution in [0.3, 0.4) is 0 Å². The molecule has 0 bridgehead atoms. The summed E-state index contributed by atoms with van der Waals surface area (Å²) in [4.78, 5) is 23.2. The fraction of sp³-hybridized carbons (Fsp3) is 0.571. The molecule has 0 aromatic carbocycles. The largest absolute Gasteiger partial charge is 0.444 e. The van der Waals surface area contributed by atoms with Crippen LogP contribution in [0.15, 0.2) is 16.9 Å². The van der Waals surface area contributed by atoms with Crippen LogP contribution in [0.4, 0.5) is 4.79 Å². The molecule has 0 fully saturated rings. The predicted molar refractivity (Wildman–Crippen MR) is 74.4 cm³/mol. The highest BCUT2D eigenvalue weighted by atomic mass is 16.6. The van der Waals surface area contributed by atoms with Crippen molar-refractivity contribution in [1.82, 2.24) is 9.88 Å². The Kier molecular flexibility index (Phi) is 4.75. The van der Waals surface area contributed by atoms with E-state index in [0.29, 0.717) is 13.1 Å². The van der Waals surface area contributed by atoms with Gasteiger partial charge in [-0.05, 0) is 46.2 Å². The van der Waals surface area contributed by atoms with Crippen LogP contribution in [-0.2, 0) is 11.3 Å². The number of hydrogen-bond donors (Lipinski definition) is 1. The van der Waals surface area contributed by atoms with Crippen LogP contribution in [0.1, 0.15) is 32.0 Å². The van der Waals surface area contributed by atoms with Crippen molar-refractivity contribution >= 4 is 6.09 Å². The van der Waals surface area contributed by atoms with Crippen LogP contribution in [0.2, 0.25) is 0 Å². The maximum absolute atomic E-state index is 11.8. The maximum atomic E-state index is 11.8. The quantitative estimate of drug-likeness (QED) is 0.910. The molecule has 1 aromatic heterocycles. The van der Waals surface area contributed by atoms with E-state index in [9.17, 15) is 9.59 Å². The van der Waals surface area contributed by atoms with Gasteiger partial charge >= 0.3 is 6.09 Å². The van der Waals surface area contributed by atoms with Crippen LogP contribution in [-0.4, -0.2) is 22.8 Å². The van der Waals surface area contributed by atoms with Crippen molar-refractivity contribution in [2.24, 2.45) is 0 Å². The zero-order valence-corrected chi connectivity index (χ0v) is 12.2. The number of alkyl carbamates (subject to hydrolysis) is 1. The number of nitrogens with zero attached hydrogens (tertiary/aromatic N) is 1. The van der Waals surface area contributed by atoms with Gasteiger partial charge in [-0.15, -0.1) is 0 Å². The molecule has 0 radical (unpaired) electrons. The summed E-state index contributed by atoms with van der Waals surface area (Å²) < 4.78 is 6.75.